The van der Waals surface area contributed by atoms with Crippen LogP contribution in [0.4, 0.5) is 5.95 Å². The SMILES string of the molecule is CNc1nc2scc(-c3ccc(OC)cc3)n2n1. The fraction of sp³-hybridized carbons (Fsp3) is 0.167. The summed E-state index contributed by atoms with van der Waals surface area (Å²) in [6.07, 6.45) is 0. The van der Waals surface area contributed by atoms with Gasteiger partial charge in [0.25, 0.3) is 0 Å². The topological polar surface area (TPSA) is 51.5 Å². The van der Waals surface area contributed by atoms with E-state index in [9.17, 15) is 0 Å². The first-order valence-electron chi connectivity index (χ1n) is 5.48. The normalized spacial score (nSPS) is 10.8. The van der Waals surface area contributed by atoms with E-state index in [4.69, 9.17) is 4.74 Å². The van der Waals surface area contributed by atoms with Crippen LogP contribution in [-0.2, 0) is 0 Å². The average Bonchev–Trinajstić information content (AvgIpc) is 2.98. The molecule has 92 valence electrons. The van der Waals surface area contributed by atoms with Crippen molar-refractivity contribution in [2.24, 2.45) is 0 Å². The third-order valence-corrected chi connectivity index (χ3v) is 3.51. The molecule has 0 bridgehead atoms. The maximum Gasteiger partial charge on any atom is 0.243 e. The highest BCUT2D eigenvalue weighted by atomic mass is 32.1. The molecular weight excluding hydrogens is 248 g/mol. The van der Waals surface area contributed by atoms with Crippen LogP contribution in [0.2, 0.25) is 0 Å². The highest BCUT2D eigenvalue weighted by molar-refractivity contribution is 7.15. The number of nitrogens with one attached hydrogen (secondary N) is 1. The Morgan fingerprint density at radius 3 is 2.72 bits per heavy atom. The van der Waals surface area contributed by atoms with E-state index in [2.05, 4.69) is 20.8 Å². The van der Waals surface area contributed by atoms with E-state index >= 15 is 0 Å². The van der Waals surface area contributed by atoms with Gasteiger partial charge in [0.05, 0.1) is 12.8 Å². The predicted octanol–water partition coefficient (Wildman–Crippen LogP) is 2.51. The molecule has 0 amide bonds. The van der Waals surface area contributed by atoms with E-state index in [-0.39, 0.29) is 0 Å². The van der Waals surface area contributed by atoms with Crippen molar-refractivity contribution in [1.29, 1.82) is 0 Å². The first kappa shape index (κ1) is 11.0. The third-order valence-electron chi connectivity index (χ3n) is 2.69. The molecule has 0 aliphatic heterocycles. The molecule has 5 nitrogen and oxygen atoms in total. The maximum absolute atomic E-state index is 5.15. The maximum atomic E-state index is 5.15. The van der Waals surface area contributed by atoms with Crippen molar-refractivity contribution in [2.45, 2.75) is 0 Å². The zero-order valence-corrected chi connectivity index (χ0v) is 10.9. The summed E-state index contributed by atoms with van der Waals surface area (Å²) in [5.74, 6) is 1.48. The molecule has 0 atom stereocenters. The largest absolute Gasteiger partial charge is 0.497 e. The van der Waals surface area contributed by atoms with Gasteiger partial charge in [0.1, 0.15) is 5.75 Å². The Labute approximate surface area is 108 Å². The first-order chi connectivity index (χ1) is 8.81. The molecular formula is C12H12N4OS. The summed E-state index contributed by atoms with van der Waals surface area (Å²) in [5.41, 5.74) is 2.13. The van der Waals surface area contributed by atoms with Gasteiger partial charge in [-0.15, -0.1) is 16.4 Å². The lowest BCUT2D eigenvalue weighted by Gasteiger charge is -2.01. The van der Waals surface area contributed by atoms with Crippen molar-refractivity contribution in [1.82, 2.24) is 14.6 Å². The zero-order valence-electron chi connectivity index (χ0n) is 10.0. The van der Waals surface area contributed by atoms with Crippen LogP contribution in [0.3, 0.4) is 0 Å². The molecule has 18 heavy (non-hydrogen) atoms. The van der Waals surface area contributed by atoms with Gasteiger partial charge in [0.15, 0.2) is 0 Å². The van der Waals surface area contributed by atoms with Crippen LogP contribution < -0.4 is 10.1 Å². The fourth-order valence-corrected chi connectivity index (χ4v) is 2.58. The lowest BCUT2D eigenvalue weighted by molar-refractivity contribution is 0.415. The molecule has 2 aromatic heterocycles. The van der Waals surface area contributed by atoms with Gasteiger partial charge in [-0.1, -0.05) is 0 Å². The van der Waals surface area contributed by atoms with Gasteiger partial charge < -0.3 is 10.1 Å². The lowest BCUT2D eigenvalue weighted by Crippen LogP contribution is -1.92. The number of nitrogens with zero attached hydrogens (tertiary/aromatic N) is 3. The van der Waals surface area contributed by atoms with Crippen LogP contribution in [0.5, 0.6) is 5.75 Å². The predicted molar refractivity (Wildman–Crippen MR) is 72.4 cm³/mol. The molecule has 2 heterocycles. The van der Waals surface area contributed by atoms with E-state index in [0.717, 1.165) is 22.0 Å². The number of thiazole rings is 1. The third kappa shape index (κ3) is 1.70. The number of methoxy groups -OCH3 is 1. The second kappa shape index (κ2) is 4.30. The lowest BCUT2D eigenvalue weighted by atomic mass is 10.2. The summed E-state index contributed by atoms with van der Waals surface area (Å²) in [4.78, 5) is 5.23. The minimum absolute atomic E-state index is 0.636. The van der Waals surface area contributed by atoms with Crippen molar-refractivity contribution in [3.8, 4) is 17.0 Å². The van der Waals surface area contributed by atoms with E-state index in [1.807, 2.05) is 35.8 Å². The monoisotopic (exact) mass is 260 g/mol. The van der Waals surface area contributed by atoms with Gasteiger partial charge in [0, 0.05) is 18.0 Å². The molecule has 0 unspecified atom stereocenters. The van der Waals surface area contributed by atoms with Crippen LogP contribution in [0.25, 0.3) is 16.2 Å². The quantitative estimate of drug-likeness (QED) is 0.786. The molecule has 0 saturated heterocycles. The summed E-state index contributed by atoms with van der Waals surface area (Å²) in [6, 6.07) is 7.91. The minimum Gasteiger partial charge on any atom is -0.497 e. The fourth-order valence-electron chi connectivity index (χ4n) is 1.75. The van der Waals surface area contributed by atoms with Crippen molar-refractivity contribution in [2.75, 3.05) is 19.5 Å². The van der Waals surface area contributed by atoms with Gasteiger partial charge in [-0.3, -0.25) is 0 Å². The van der Waals surface area contributed by atoms with Gasteiger partial charge >= 0.3 is 0 Å². The van der Waals surface area contributed by atoms with Crippen LogP contribution in [0.1, 0.15) is 0 Å². The van der Waals surface area contributed by atoms with Crippen LogP contribution in [-0.4, -0.2) is 28.8 Å². The number of anilines is 1. The summed E-state index contributed by atoms with van der Waals surface area (Å²) < 4.78 is 7.00. The van der Waals surface area contributed by atoms with E-state index in [0.29, 0.717) is 5.95 Å². The van der Waals surface area contributed by atoms with Crippen molar-refractivity contribution in [3.05, 3.63) is 29.6 Å². The highest BCUT2D eigenvalue weighted by Crippen LogP contribution is 2.27. The van der Waals surface area contributed by atoms with Gasteiger partial charge in [-0.2, -0.15) is 4.98 Å². The van der Waals surface area contributed by atoms with Gasteiger partial charge in [0.2, 0.25) is 10.9 Å². The molecule has 0 spiro atoms. The molecule has 3 rings (SSSR count). The summed E-state index contributed by atoms with van der Waals surface area (Å²) in [5, 5.41) is 9.38. The molecule has 0 radical (unpaired) electrons. The Morgan fingerprint density at radius 2 is 2.06 bits per heavy atom. The molecule has 0 saturated carbocycles. The van der Waals surface area contributed by atoms with Crippen LogP contribution in [0, 0.1) is 0 Å². The van der Waals surface area contributed by atoms with E-state index in [1.54, 1.807) is 18.4 Å². The molecule has 6 heteroatoms. The molecule has 0 aliphatic carbocycles. The molecule has 0 fully saturated rings. The minimum atomic E-state index is 0.636. The first-order valence-corrected chi connectivity index (χ1v) is 6.36. The van der Waals surface area contributed by atoms with E-state index in [1.165, 1.54) is 0 Å². The molecule has 0 aliphatic rings. The Bertz CT molecular complexity index is 671. The van der Waals surface area contributed by atoms with Crippen molar-refractivity contribution < 1.29 is 4.74 Å². The Balaban J connectivity index is 2.09. The van der Waals surface area contributed by atoms with Crippen molar-refractivity contribution in [3.63, 3.8) is 0 Å². The Hall–Kier alpha value is -2.08. The number of benzene rings is 1. The zero-order chi connectivity index (χ0) is 12.5. The highest BCUT2D eigenvalue weighted by Gasteiger charge is 2.10. The number of aromatic nitrogens is 3. The molecule has 1 N–H and O–H groups in total. The van der Waals surface area contributed by atoms with E-state index < -0.39 is 0 Å². The number of hydrogen-bond donors (Lipinski definition) is 1. The summed E-state index contributed by atoms with van der Waals surface area (Å²) >= 11 is 1.57. The van der Waals surface area contributed by atoms with Crippen molar-refractivity contribution >= 4 is 22.2 Å². The smallest absolute Gasteiger partial charge is 0.243 e. The Morgan fingerprint density at radius 1 is 1.28 bits per heavy atom. The second-order valence-electron chi connectivity index (χ2n) is 3.73. The van der Waals surface area contributed by atoms with Gasteiger partial charge in [-0.05, 0) is 24.3 Å². The Kier molecular flexibility index (Phi) is 2.64. The van der Waals surface area contributed by atoms with Crippen LogP contribution in [0.15, 0.2) is 29.6 Å². The summed E-state index contributed by atoms with van der Waals surface area (Å²) in [7, 11) is 3.47. The number of fused-ring (bicyclic) bond motifs is 1. The number of hydrogen-bond acceptors (Lipinski definition) is 5. The number of rotatable bonds is 3. The summed E-state index contributed by atoms with van der Waals surface area (Å²) in [6.45, 7) is 0. The molecule has 1 aromatic carbocycles. The van der Waals surface area contributed by atoms with Crippen LogP contribution >= 0.6 is 11.3 Å². The van der Waals surface area contributed by atoms with Gasteiger partial charge in [-0.25, -0.2) is 4.52 Å². The number of ether oxygens (including phenoxy) is 1. The average molecular weight is 260 g/mol. The standard InChI is InChI=1S/C12H12N4OS/c1-13-11-14-12-16(15-11)10(7-18-12)8-3-5-9(17-2)6-4-8/h3-7H,1-2H3,(H,13,15). The second-order valence-corrected chi connectivity index (χ2v) is 4.57. The molecule has 3 aromatic rings.